The fraction of sp³-hybridized carbons (Fsp3) is 0.143. The molecule has 0 aliphatic carbocycles. The quantitative estimate of drug-likeness (QED) is 0.741. The first kappa shape index (κ1) is 11.5. The average molecular weight is 229 g/mol. The van der Waals surface area contributed by atoms with Crippen molar-refractivity contribution in [1.29, 1.82) is 0 Å². The van der Waals surface area contributed by atoms with Crippen LogP contribution in [0, 0.1) is 19.7 Å². The molecule has 0 fully saturated rings. The van der Waals surface area contributed by atoms with Crippen LogP contribution in [0.1, 0.15) is 27.2 Å². The molecule has 0 N–H and O–H groups in total. The predicted octanol–water partition coefficient (Wildman–Crippen LogP) is 3.07. The van der Waals surface area contributed by atoms with Crippen LogP contribution in [-0.2, 0) is 0 Å². The van der Waals surface area contributed by atoms with Crippen LogP contribution in [-0.4, -0.2) is 10.8 Å². The standard InChI is InChI=1S/C14H12FNO/c1-9-3-4-10(2)12(7-9)14(17)13-6-5-11(15)8-16-13/h3-8H,1-2H3. The number of rotatable bonds is 2. The molecule has 0 aliphatic rings. The number of aryl methyl sites for hydroxylation is 2. The summed E-state index contributed by atoms with van der Waals surface area (Å²) >= 11 is 0. The third-order valence-corrected chi connectivity index (χ3v) is 2.60. The molecule has 86 valence electrons. The zero-order valence-corrected chi connectivity index (χ0v) is 9.70. The van der Waals surface area contributed by atoms with Crippen LogP contribution in [0.5, 0.6) is 0 Å². The Morgan fingerprint density at radius 2 is 1.94 bits per heavy atom. The first-order valence-corrected chi connectivity index (χ1v) is 5.31. The molecule has 0 bridgehead atoms. The molecule has 0 saturated heterocycles. The molecule has 0 saturated carbocycles. The molecule has 0 radical (unpaired) electrons. The summed E-state index contributed by atoms with van der Waals surface area (Å²) in [5.41, 5.74) is 2.79. The van der Waals surface area contributed by atoms with Gasteiger partial charge in [0, 0.05) is 5.56 Å². The Morgan fingerprint density at radius 1 is 1.18 bits per heavy atom. The van der Waals surface area contributed by atoms with Crippen LogP contribution < -0.4 is 0 Å². The molecule has 2 nitrogen and oxygen atoms in total. The molecule has 2 rings (SSSR count). The zero-order chi connectivity index (χ0) is 12.4. The minimum Gasteiger partial charge on any atom is -0.287 e. The van der Waals surface area contributed by atoms with Crippen molar-refractivity contribution in [2.75, 3.05) is 0 Å². The smallest absolute Gasteiger partial charge is 0.211 e. The predicted molar refractivity (Wildman–Crippen MR) is 63.5 cm³/mol. The summed E-state index contributed by atoms with van der Waals surface area (Å²) in [4.78, 5) is 15.9. The Labute approximate surface area is 99.1 Å². The maximum absolute atomic E-state index is 12.7. The second kappa shape index (κ2) is 4.45. The van der Waals surface area contributed by atoms with E-state index in [9.17, 15) is 9.18 Å². The van der Waals surface area contributed by atoms with Crippen LogP contribution in [0.15, 0.2) is 36.5 Å². The first-order chi connectivity index (χ1) is 8.08. The van der Waals surface area contributed by atoms with Gasteiger partial charge in [-0.05, 0) is 37.6 Å². The van der Waals surface area contributed by atoms with E-state index in [1.54, 1.807) is 0 Å². The lowest BCUT2D eigenvalue weighted by Crippen LogP contribution is -2.06. The number of ketones is 1. The fourth-order valence-electron chi connectivity index (χ4n) is 1.63. The van der Waals surface area contributed by atoms with Gasteiger partial charge in [0.15, 0.2) is 0 Å². The van der Waals surface area contributed by atoms with Gasteiger partial charge < -0.3 is 0 Å². The number of nitrogens with zero attached hydrogens (tertiary/aromatic N) is 1. The highest BCUT2D eigenvalue weighted by atomic mass is 19.1. The molecule has 0 amide bonds. The highest BCUT2D eigenvalue weighted by Gasteiger charge is 2.13. The first-order valence-electron chi connectivity index (χ1n) is 5.31. The van der Waals surface area contributed by atoms with Gasteiger partial charge in [-0.1, -0.05) is 17.7 Å². The molecular formula is C14H12FNO. The molecule has 0 spiro atoms. The number of halogens is 1. The van der Waals surface area contributed by atoms with Gasteiger partial charge >= 0.3 is 0 Å². The van der Waals surface area contributed by atoms with Gasteiger partial charge in [0.05, 0.1) is 6.20 Å². The minimum absolute atomic E-state index is 0.175. The summed E-state index contributed by atoms with van der Waals surface area (Å²) in [6, 6.07) is 8.31. The lowest BCUT2D eigenvalue weighted by Gasteiger charge is -2.05. The van der Waals surface area contributed by atoms with Crippen molar-refractivity contribution in [2.45, 2.75) is 13.8 Å². The van der Waals surface area contributed by atoms with Crippen LogP contribution in [0.4, 0.5) is 4.39 Å². The summed E-state index contributed by atoms with van der Waals surface area (Å²) < 4.78 is 12.7. The van der Waals surface area contributed by atoms with E-state index >= 15 is 0 Å². The summed E-state index contributed by atoms with van der Waals surface area (Å²) in [5, 5.41) is 0. The minimum atomic E-state index is -0.442. The number of carbonyl (C=O) groups is 1. The van der Waals surface area contributed by atoms with Gasteiger partial charge in [0.2, 0.25) is 5.78 Å². The summed E-state index contributed by atoms with van der Waals surface area (Å²) in [5.74, 6) is -0.617. The van der Waals surface area contributed by atoms with Crippen LogP contribution >= 0.6 is 0 Å². The summed E-state index contributed by atoms with van der Waals surface area (Å²) in [6.45, 7) is 3.80. The highest BCUT2D eigenvalue weighted by molar-refractivity contribution is 6.08. The number of hydrogen-bond donors (Lipinski definition) is 0. The van der Waals surface area contributed by atoms with Crippen molar-refractivity contribution in [3.63, 3.8) is 0 Å². The molecule has 1 aromatic carbocycles. The van der Waals surface area contributed by atoms with E-state index in [0.29, 0.717) is 5.56 Å². The van der Waals surface area contributed by atoms with Gasteiger partial charge in [-0.2, -0.15) is 0 Å². The molecule has 2 aromatic rings. The van der Waals surface area contributed by atoms with Crippen molar-refractivity contribution >= 4 is 5.78 Å². The van der Waals surface area contributed by atoms with Crippen LogP contribution in [0.2, 0.25) is 0 Å². The number of pyridine rings is 1. The second-order valence-electron chi connectivity index (χ2n) is 4.01. The van der Waals surface area contributed by atoms with E-state index < -0.39 is 5.82 Å². The van der Waals surface area contributed by atoms with Gasteiger partial charge in [-0.3, -0.25) is 4.79 Å². The Balaban J connectivity index is 2.43. The number of aromatic nitrogens is 1. The maximum atomic E-state index is 12.7. The van der Waals surface area contributed by atoms with Gasteiger partial charge in [0.1, 0.15) is 11.5 Å². The van der Waals surface area contributed by atoms with E-state index in [-0.39, 0.29) is 11.5 Å². The van der Waals surface area contributed by atoms with E-state index in [1.807, 2.05) is 32.0 Å². The van der Waals surface area contributed by atoms with Crippen molar-refractivity contribution in [1.82, 2.24) is 4.98 Å². The third-order valence-electron chi connectivity index (χ3n) is 2.60. The Morgan fingerprint density at radius 3 is 2.59 bits per heavy atom. The number of carbonyl (C=O) groups excluding carboxylic acids is 1. The fourth-order valence-corrected chi connectivity index (χ4v) is 1.63. The Kier molecular flexibility index (Phi) is 3.00. The van der Waals surface area contributed by atoms with Crippen molar-refractivity contribution < 1.29 is 9.18 Å². The van der Waals surface area contributed by atoms with Gasteiger partial charge in [-0.25, -0.2) is 9.37 Å². The molecule has 0 atom stereocenters. The molecule has 1 heterocycles. The van der Waals surface area contributed by atoms with Crippen molar-refractivity contribution in [3.8, 4) is 0 Å². The topological polar surface area (TPSA) is 30.0 Å². The van der Waals surface area contributed by atoms with Crippen LogP contribution in [0.25, 0.3) is 0 Å². The lowest BCUT2D eigenvalue weighted by molar-refractivity contribution is 0.103. The highest BCUT2D eigenvalue weighted by Crippen LogP contribution is 2.14. The van der Waals surface area contributed by atoms with E-state index in [0.717, 1.165) is 17.3 Å². The average Bonchev–Trinajstić information content (AvgIpc) is 2.32. The van der Waals surface area contributed by atoms with Crippen molar-refractivity contribution in [2.24, 2.45) is 0 Å². The Bertz CT molecular complexity index is 561. The molecule has 3 heteroatoms. The normalized spacial score (nSPS) is 10.3. The maximum Gasteiger partial charge on any atom is 0.211 e. The molecule has 0 aliphatic heterocycles. The monoisotopic (exact) mass is 229 g/mol. The van der Waals surface area contributed by atoms with Crippen LogP contribution in [0.3, 0.4) is 0 Å². The molecule has 0 unspecified atom stereocenters. The zero-order valence-electron chi connectivity index (χ0n) is 9.70. The van der Waals surface area contributed by atoms with E-state index in [2.05, 4.69) is 4.98 Å². The van der Waals surface area contributed by atoms with Gasteiger partial charge in [-0.15, -0.1) is 0 Å². The lowest BCUT2D eigenvalue weighted by atomic mass is 10.00. The third kappa shape index (κ3) is 2.38. The van der Waals surface area contributed by atoms with Crippen molar-refractivity contribution in [3.05, 3.63) is 64.7 Å². The van der Waals surface area contributed by atoms with E-state index in [4.69, 9.17) is 0 Å². The number of benzene rings is 1. The summed E-state index contributed by atoms with van der Waals surface area (Å²) in [6.07, 6.45) is 1.05. The molecule has 1 aromatic heterocycles. The largest absolute Gasteiger partial charge is 0.287 e. The second-order valence-corrected chi connectivity index (χ2v) is 4.01. The molecule has 17 heavy (non-hydrogen) atoms. The number of hydrogen-bond acceptors (Lipinski definition) is 2. The Hall–Kier alpha value is -2.03. The molecular weight excluding hydrogens is 217 g/mol. The van der Waals surface area contributed by atoms with E-state index in [1.165, 1.54) is 12.1 Å². The summed E-state index contributed by atoms with van der Waals surface area (Å²) in [7, 11) is 0. The van der Waals surface area contributed by atoms with Gasteiger partial charge in [0.25, 0.3) is 0 Å². The SMILES string of the molecule is Cc1ccc(C)c(C(=O)c2ccc(F)cn2)c1.